The molecule has 0 aliphatic rings. The predicted octanol–water partition coefficient (Wildman–Crippen LogP) is 6.16. The number of hydrogen-bond donors (Lipinski definition) is 2. The van der Waals surface area contributed by atoms with E-state index in [1.165, 1.54) is 18.0 Å². The highest BCUT2D eigenvalue weighted by Gasteiger charge is 2.07. The molecule has 0 heterocycles. The Kier molecular flexibility index (Phi) is 5.81. The van der Waals surface area contributed by atoms with Crippen LogP contribution in [0.3, 0.4) is 0 Å². The van der Waals surface area contributed by atoms with Crippen molar-refractivity contribution in [3.05, 3.63) is 88.7 Å². The molecule has 0 aliphatic heterocycles. The monoisotopic (exact) mass is 386 g/mol. The smallest absolute Gasteiger partial charge is 0.255 e. The maximum absolute atomic E-state index is 13.2. The second-order valence-electron chi connectivity index (χ2n) is 5.68. The Balaban J connectivity index is 1.60. The number of aryl methyl sites for hydroxylation is 1. The van der Waals surface area contributed by atoms with Crippen molar-refractivity contribution < 1.29 is 9.18 Å². The van der Waals surface area contributed by atoms with Crippen LogP contribution in [0.2, 0.25) is 5.02 Å². The molecular weight excluding hydrogens is 371 g/mol. The molecule has 0 spiro atoms. The van der Waals surface area contributed by atoms with Crippen molar-refractivity contribution in [2.24, 2.45) is 0 Å². The number of benzene rings is 3. The first-order valence-corrected chi connectivity index (χ1v) is 9.07. The van der Waals surface area contributed by atoms with Crippen LogP contribution in [0, 0.1) is 12.7 Å². The van der Waals surface area contributed by atoms with Crippen molar-refractivity contribution in [3.8, 4) is 0 Å². The van der Waals surface area contributed by atoms with Crippen molar-refractivity contribution in [1.82, 2.24) is 0 Å². The van der Waals surface area contributed by atoms with Gasteiger partial charge in [0.05, 0.1) is 5.02 Å². The lowest BCUT2D eigenvalue weighted by atomic mass is 10.2. The summed E-state index contributed by atoms with van der Waals surface area (Å²) in [5, 5.41) is 2.96. The van der Waals surface area contributed by atoms with E-state index in [0.717, 1.165) is 21.8 Å². The third kappa shape index (κ3) is 4.77. The van der Waals surface area contributed by atoms with Crippen LogP contribution in [0.15, 0.2) is 71.6 Å². The van der Waals surface area contributed by atoms with Crippen LogP contribution in [0.4, 0.5) is 15.8 Å². The lowest BCUT2D eigenvalue weighted by Gasteiger charge is -2.08. The van der Waals surface area contributed by atoms with Gasteiger partial charge in [-0.15, -0.1) is 0 Å². The predicted molar refractivity (Wildman–Crippen MR) is 106 cm³/mol. The standard InChI is InChI=1S/C20H16ClFN2OS/c1-13-3-2-4-16(11-13)23-20(25)14-5-7-15(8-6-14)24-26-17-9-10-19(22)18(21)12-17/h2-12,24H,1H3,(H,23,25). The molecule has 1 amide bonds. The van der Waals surface area contributed by atoms with Crippen molar-refractivity contribution in [3.63, 3.8) is 0 Å². The van der Waals surface area contributed by atoms with Gasteiger partial charge < -0.3 is 10.0 Å². The molecule has 0 saturated carbocycles. The average Bonchev–Trinajstić information content (AvgIpc) is 2.63. The van der Waals surface area contributed by atoms with Gasteiger partial charge in [0.1, 0.15) is 5.82 Å². The Bertz CT molecular complexity index is 931. The van der Waals surface area contributed by atoms with Crippen LogP contribution in [-0.4, -0.2) is 5.91 Å². The van der Waals surface area contributed by atoms with Gasteiger partial charge in [-0.2, -0.15) is 0 Å². The van der Waals surface area contributed by atoms with Crippen LogP contribution >= 0.6 is 23.5 Å². The Labute approximate surface area is 160 Å². The fourth-order valence-electron chi connectivity index (χ4n) is 2.27. The fraction of sp³-hybridized carbons (Fsp3) is 0.0500. The van der Waals surface area contributed by atoms with Crippen LogP contribution in [0.5, 0.6) is 0 Å². The van der Waals surface area contributed by atoms with E-state index in [2.05, 4.69) is 10.0 Å². The zero-order valence-corrected chi connectivity index (χ0v) is 15.5. The molecule has 0 radical (unpaired) electrons. The summed E-state index contributed by atoms with van der Waals surface area (Å²) >= 11 is 7.08. The van der Waals surface area contributed by atoms with Gasteiger partial charge in [0.2, 0.25) is 0 Å². The molecule has 26 heavy (non-hydrogen) atoms. The molecule has 3 nitrogen and oxygen atoms in total. The van der Waals surface area contributed by atoms with Crippen molar-refractivity contribution in [1.29, 1.82) is 0 Å². The summed E-state index contributed by atoms with van der Waals surface area (Å²) < 4.78 is 16.3. The lowest BCUT2D eigenvalue weighted by molar-refractivity contribution is 0.102. The first kappa shape index (κ1) is 18.3. The highest BCUT2D eigenvalue weighted by Crippen LogP contribution is 2.25. The molecule has 3 rings (SSSR count). The zero-order valence-electron chi connectivity index (χ0n) is 13.9. The highest BCUT2D eigenvalue weighted by molar-refractivity contribution is 8.00. The molecule has 0 fully saturated rings. The summed E-state index contributed by atoms with van der Waals surface area (Å²) in [4.78, 5) is 13.1. The molecular formula is C20H16ClFN2OS. The van der Waals surface area contributed by atoms with Gasteiger partial charge in [0.25, 0.3) is 5.91 Å². The zero-order chi connectivity index (χ0) is 18.5. The summed E-state index contributed by atoms with van der Waals surface area (Å²) in [6.45, 7) is 1.97. The van der Waals surface area contributed by atoms with E-state index in [0.29, 0.717) is 5.56 Å². The van der Waals surface area contributed by atoms with E-state index >= 15 is 0 Å². The summed E-state index contributed by atoms with van der Waals surface area (Å²) in [6, 6.07) is 19.3. The third-order valence-corrected chi connectivity index (χ3v) is 4.72. The maximum Gasteiger partial charge on any atom is 0.255 e. The Morgan fingerprint density at radius 2 is 1.77 bits per heavy atom. The number of nitrogens with one attached hydrogen (secondary N) is 2. The van der Waals surface area contributed by atoms with E-state index in [9.17, 15) is 9.18 Å². The molecule has 6 heteroatoms. The fourth-order valence-corrected chi connectivity index (χ4v) is 3.20. The molecule has 0 unspecified atom stereocenters. The molecule has 0 aromatic heterocycles. The highest BCUT2D eigenvalue weighted by atomic mass is 35.5. The van der Waals surface area contributed by atoms with Gasteiger partial charge in [-0.05, 0) is 79.0 Å². The van der Waals surface area contributed by atoms with E-state index < -0.39 is 5.82 Å². The molecule has 0 saturated heterocycles. The van der Waals surface area contributed by atoms with Crippen LogP contribution in [0.25, 0.3) is 0 Å². The van der Waals surface area contributed by atoms with E-state index in [4.69, 9.17) is 11.6 Å². The molecule has 3 aromatic rings. The number of carbonyl (C=O) groups excluding carboxylic acids is 1. The summed E-state index contributed by atoms with van der Waals surface area (Å²) in [6.07, 6.45) is 0. The van der Waals surface area contributed by atoms with E-state index in [1.807, 2.05) is 43.3 Å². The number of hydrogen-bond acceptors (Lipinski definition) is 3. The van der Waals surface area contributed by atoms with Crippen molar-refractivity contribution in [2.45, 2.75) is 11.8 Å². The molecule has 0 aliphatic carbocycles. The summed E-state index contributed by atoms with van der Waals surface area (Å²) in [7, 11) is 0. The molecule has 132 valence electrons. The Morgan fingerprint density at radius 1 is 1.00 bits per heavy atom. The first-order valence-electron chi connectivity index (χ1n) is 7.87. The van der Waals surface area contributed by atoms with Crippen molar-refractivity contribution in [2.75, 3.05) is 10.0 Å². The van der Waals surface area contributed by atoms with Crippen molar-refractivity contribution >= 4 is 40.8 Å². The normalized spacial score (nSPS) is 10.4. The van der Waals surface area contributed by atoms with Gasteiger partial charge in [0.15, 0.2) is 0 Å². The summed E-state index contributed by atoms with van der Waals surface area (Å²) in [5.41, 5.74) is 3.23. The molecule has 3 aromatic carbocycles. The van der Waals surface area contributed by atoms with Gasteiger partial charge >= 0.3 is 0 Å². The Morgan fingerprint density at radius 3 is 2.46 bits per heavy atom. The quantitative estimate of drug-likeness (QED) is 0.516. The van der Waals surface area contributed by atoms with Crippen LogP contribution in [-0.2, 0) is 0 Å². The molecule has 0 atom stereocenters. The number of amides is 1. The third-order valence-electron chi connectivity index (χ3n) is 3.60. The number of halogens is 2. The maximum atomic E-state index is 13.2. The summed E-state index contributed by atoms with van der Waals surface area (Å²) in [5.74, 6) is -0.611. The van der Waals surface area contributed by atoms with Gasteiger partial charge in [-0.3, -0.25) is 4.79 Å². The molecule has 2 N–H and O–H groups in total. The Hall–Kier alpha value is -2.50. The molecule has 0 bridgehead atoms. The first-order chi connectivity index (χ1) is 12.5. The van der Waals surface area contributed by atoms with E-state index in [-0.39, 0.29) is 10.9 Å². The van der Waals surface area contributed by atoms with E-state index in [1.54, 1.807) is 24.3 Å². The topological polar surface area (TPSA) is 41.1 Å². The van der Waals surface area contributed by atoms with Gasteiger partial charge in [-0.1, -0.05) is 23.7 Å². The van der Waals surface area contributed by atoms with Crippen LogP contribution < -0.4 is 10.0 Å². The number of rotatable bonds is 5. The second-order valence-corrected chi connectivity index (χ2v) is 6.97. The number of anilines is 2. The largest absolute Gasteiger partial charge is 0.326 e. The second kappa shape index (κ2) is 8.25. The minimum Gasteiger partial charge on any atom is -0.326 e. The lowest BCUT2D eigenvalue weighted by Crippen LogP contribution is -2.11. The SMILES string of the molecule is Cc1cccc(NC(=O)c2ccc(NSc3ccc(F)c(Cl)c3)cc2)c1. The minimum absolute atomic E-state index is 0.0833. The van der Waals surface area contributed by atoms with Gasteiger partial charge in [0, 0.05) is 21.8 Å². The average molecular weight is 387 g/mol. The minimum atomic E-state index is -0.444. The van der Waals surface area contributed by atoms with Gasteiger partial charge in [-0.25, -0.2) is 4.39 Å². The van der Waals surface area contributed by atoms with Crippen LogP contribution in [0.1, 0.15) is 15.9 Å². The number of carbonyl (C=O) groups is 1.